The molecule has 0 unspecified atom stereocenters. The van der Waals surface area contributed by atoms with Gasteiger partial charge < -0.3 is 15.2 Å². The fourth-order valence-corrected chi connectivity index (χ4v) is 2.60. The molecule has 0 saturated heterocycles. The highest BCUT2D eigenvalue weighted by atomic mass is 32.1. The predicted octanol–water partition coefficient (Wildman–Crippen LogP) is 2.74. The van der Waals surface area contributed by atoms with E-state index in [2.05, 4.69) is 9.97 Å². The van der Waals surface area contributed by atoms with Crippen LogP contribution in [0.5, 0.6) is 0 Å². The average Bonchev–Trinajstić information content (AvgIpc) is 3.01. The lowest BCUT2D eigenvalue weighted by molar-refractivity contribution is 0.0697. The molecule has 0 aliphatic carbocycles. The van der Waals surface area contributed by atoms with Crippen LogP contribution in [0.1, 0.15) is 20.9 Å². The summed E-state index contributed by atoms with van der Waals surface area (Å²) in [5.74, 6) is -1.13. The maximum atomic E-state index is 12.0. The Morgan fingerprint density at radius 1 is 1.27 bits per heavy atom. The molecular weight excluding hydrogens is 304 g/mol. The van der Waals surface area contributed by atoms with Crippen LogP contribution in [0.3, 0.4) is 0 Å². The van der Waals surface area contributed by atoms with Crippen molar-refractivity contribution in [3.05, 3.63) is 62.2 Å². The molecule has 3 N–H and O–H groups in total. The second-order valence-electron chi connectivity index (χ2n) is 4.50. The summed E-state index contributed by atoms with van der Waals surface area (Å²) in [4.78, 5) is 30.3. The summed E-state index contributed by atoms with van der Waals surface area (Å²) in [7, 11) is 0. The Morgan fingerprint density at radius 3 is 2.77 bits per heavy atom. The van der Waals surface area contributed by atoms with Crippen molar-refractivity contribution in [2.45, 2.75) is 0 Å². The normalized spacial score (nSPS) is 11.7. The highest BCUT2D eigenvalue weighted by Gasteiger charge is 2.09. The Hall–Kier alpha value is -2.93. The van der Waals surface area contributed by atoms with Crippen molar-refractivity contribution in [3.63, 3.8) is 0 Å². The molecule has 0 fully saturated rings. The van der Waals surface area contributed by atoms with Gasteiger partial charge in [0, 0.05) is 6.08 Å². The maximum absolute atomic E-state index is 12.0. The molecular formula is C15H10N2O4S. The zero-order chi connectivity index (χ0) is 15.7. The van der Waals surface area contributed by atoms with E-state index in [1.54, 1.807) is 12.1 Å². The third kappa shape index (κ3) is 2.61. The smallest absolute Gasteiger partial charge is 0.335 e. The molecule has 0 amide bonds. The van der Waals surface area contributed by atoms with Crippen molar-refractivity contribution in [1.29, 1.82) is 0 Å². The molecule has 1 aromatic carbocycles. The number of aromatic carboxylic acids is 1. The molecule has 0 saturated carbocycles. The van der Waals surface area contributed by atoms with Gasteiger partial charge in [-0.1, -0.05) is 6.07 Å². The fourth-order valence-electron chi connectivity index (χ4n) is 1.96. The first-order valence-corrected chi connectivity index (χ1v) is 7.14. The number of aliphatic hydroxyl groups excluding tert-OH is 1. The summed E-state index contributed by atoms with van der Waals surface area (Å²) in [5.41, 5.74) is 0.391. The summed E-state index contributed by atoms with van der Waals surface area (Å²) in [6.07, 6.45) is 1.29. The van der Waals surface area contributed by atoms with E-state index in [9.17, 15) is 14.7 Å². The number of nitrogens with zero attached hydrogens (tertiary/aromatic N) is 1. The molecule has 3 aromatic rings. The van der Waals surface area contributed by atoms with Gasteiger partial charge >= 0.3 is 5.97 Å². The van der Waals surface area contributed by atoms with E-state index in [4.69, 9.17) is 5.11 Å². The van der Waals surface area contributed by atoms with Gasteiger partial charge in [0.05, 0.1) is 21.5 Å². The van der Waals surface area contributed by atoms with Crippen molar-refractivity contribution in [2.24, 2.45) is 0 Å². The number of H-pyrrole nitrogens is 1. The van der Waals surface area contributed by atoms with Crippen LogP contribution in [0.2, 0.25) is 0 Å². The van der Waals surface area contributed by atoms with Gasteiger partial charge in [0.15, 0.2) is 0 Å². The number of aromatic amines is 1. The molecule has 6 nitrogen and oxygen atoms in total. The standard InChI is InChI=1S/C15H10N2O4S/c18-12(13-2-1-5-22-13)7-11-14(19)17-10-6-8(15(20)21)3-4-9(10)16-11/h1-7,18H,(H,17,19)(H,20,21)/b12-7-. The minimum absolute atomic E-state index is 0.0468. The van der Waals surface area contributed by atoms with Crippen LogP contribution in [0.15, 0.2) is 40.5 Å². The van der Waals surface area contributed by atoms with E-state index in [1.165, 1.54) is 35.6 Å². The van der Waals surface area contributed by atoms with Crippen LogP contribution in [0, 0.1) is 0 Å². The van der Waals surface area contributed by atoms with Gasteiger partial charge in [0.1, 0.15) is 11.5 Å². The summed E-state index contributed by atoms with van der Waals surface area (Å²) >= 11 is 1.34. The third-order valence-corrected chi connectivity index (χ3v) is 3.90. The lowest BCUT2D eigenvalue weighted by atomic mass is 10.2. The van der Waals surface area contributed by atoms with Crippen LogP contribution in [0.25, 0.3) is 22.9 Å². The highest BCUT2D eigenvalue weighted by molar-refractivity contribution is 7.11. The summed E-state index contributed by atoms with van der Waals surface area (Å²) in [6.45, 7) is 0. The lowest BCUT2D eigenvalue weighted by Gasteiger charge is -2.01. The minimum Gasteiger partial charge on any atom is -0.506 e. The molecule has 0 spiro atoms. The van der Waals surface area contributed by atoms with Gasteiger partial charge in [-0.15, -0.1) is 11.3 Å². The molecule has 0 aliphatic rings. The highest BCUT2D eigenvalue weighted by Crippen LogP contribution is 2.19. The summed E-state index contributed by atoms with van der Waals surface area (Å²) < 4.78 is 0. The number of carboxylic acids is 1. The second kappa shape index (κ2) is 5.45. The van der Waals surface area contributed by atoms with Crippen molar-refractivity contribution in [2.75, 3.05) is 0 Å². The number of aromatic nitrogens is 2. The molecule has 0 bridgehead atoms. The largest absolute Gasteiger partial charge is 0.506 e. The molecule has 3 rings (SSSR count). The van der Waals surface area contributed by atoms with E-state index >= 15 is 0 Å². The number of carboxylic acid groups (broad SMARTS) is 1. The topological polar surface area (TPSA) is 103 Å². The Labute approximate surface area is 128 Å². The van der Waals surface area contributed by atoms with Gasteiger partial charge in [-0.05, 0) is 29.6 Å². The van der Waals surface area contributed by atoms with Crippen LogP contribution in [-0.4, -0.2) is 26.2 Å². The Bertz CT molecular complexity index is 942. The average molecular weight is 314 g/mol. The van der Waals surface area contributed by atoms with Gasteiger partial charge in [-0.25, -0.2) is 9.78 Å². The van der Waals surface area contributed by atoms with Crippen LogP contribution in [0.4, 0.5) is 0 Å². The van der Waals surface area contributed by atoms with E-state index in [0.717, 1.165) is 0 Å². The zero-order valence-electron chi connectivity index (χ0n) is 11.1. The van der Waals surface area contributed by atoms with Crippen molar-refractivity contribution in [3.8, 4) is 0 Å². The number of nitrogens with one attached hydrogen (secondary N) is 1. The summed E-state index contributed by atoms with van der Waals surface area (Å²) in [5, 5.41) is 20.7. The number of rotatable bonds is 3. The van der Waals surface area contributed by atoms with E-state index in [-0.39, 0.29) is 17.0 Å². The molecule has 22 heavy (non-hydrogen) atoms. The number of aliphatic hydroxyl groups is 1. The Balaban J connectivity index is 2.10. The van der Waals surface area contributed by atoms with Gasteiger partial charge in [-0.3, -0.25) is 4.79 Å². The SMILES string of the molecule is O=C(O)c1ccc2nc(/C=C(\O)c3cccs3)c(=O)[nH]c2c1. The molecule has 2 aromatic heterocycles. The minimum atomic E-state index is -1.08. The molecule has 7 heteroatoms. The third-order valence-electron chi connectivity index (χ3n) is 3.01. The van der Waals surface area contributed by atoms with Crippen LogP contribution >= 0.6 is 11.3 Å². The predicted molar refractivity (Wildman–Crippen MR) is 84.1 cm³/mol. The Kier molecular flexibility index (Phi) is 3.48. The number of hydrogen-bond donors (Lipinski definition) is 3. The number of thiophene rings is 1. The van der Waals surface area contributed by atoms with Crippen LogP contribution in [-0.2, 0) is 0 Å². The van der Waals surface area contributed by atoms with Gasteiger partial charge in [0.25, 0.3) is 5.56 Å². The first kappa shape index (κ1) is 14.0. The molecule has 110 valence electrons. The number of hydrogen-bond acceptors (Lipinski definition) is 5. The first-order chi connectivity index (χ1) is 10.5. The van der Waals surface area contributed by atoms with Gasteiger partial charge in [0.2, 0.25) is 0 Å². The summed E-state index contributed by atoms with van der Waals surface area (Å²) in [6, 6.07) is 7.77. The van der Waals surface area contributed by atoms with E-state index in [1.807, 2.05) is 5.38 Å². The number of benzene rings is 1. The van der Waals surface area contributed by atoms with E-state index in [0.29, 0.717) is 15.9 Å². The molecule has 2 heterocycles. The molecule has 0 aliphatic heterocycles. The first-order valence-electron chi connectivity index (χ1n) is 6.26. The van der Waals surface area contributed by atoms with Crippen molar-refractivity contribution in [1.82, 2.24) is 9.97 Å². The van der Waals surface area contributed by atoms with Crippen molar-refractivity contribution < 1.29 is 15.0 Å². The Morgan fingerprint density at radius 2 is 2.09 bits per heavy atom. The number of carbonyl (C=O) groups is 1. The number of fused-ring (bicyclic) bond motifs is 1. The zero-order valence-corrected chi connectivity index (χ0v) is 11.9. The van der Waals surface area contributed by atoms with Gasteiger partial charge in [-0.2, -0.15) is 0 Å². The second-order valence-corrected chi connectivity index (χ2v) is 5.44. The fraction of sp³-hybridized carbons (Fsp3) is 0. The monoisotopic (exact) mass is 314 g/mol. The van der Waals surface area contributed by atoms with E-state index < -0.39 is 11.5 Å². The maximum Gasteiger partial charge on any atom is 0.335 e. The lowest BCUT2D eigenvalue weighted by Crippen LogP contribution is -2.12. The molecule has 0 atom stereocenters. The van der Waals surface area contributed by atoms with Crippen molar-refractivity contribution >= 4 is 40.2 Å². The van der Waals surface area contributed by atoms with Crippen LogP contribution < -0.4 is 5.56 Å². The quantitative estimate of drug-likeness (QED) is 0.645. The molecule has 0 radical (unpaired) electrons.